The van der Waals surface area contributed by atoms with Gasteiger partial charge < -0.3 is 31.6 Å². The first-order valence-corrected chi connectivity index (χ1v) is 7.45. The molecule has 0 fully saturated rings. The van der Waals surface area contributed by atoms with Crippen LogP contribution in [-0.2, 0) is 5.41 Å². The fourth-order valence-corrected chi connectivity index (χ4v) is 3.92. The molecule has 1 aromatic rings. The summed E-state index contributed by atoms with van der Waals surface area (Å²) in [7, 11) is 3.78. The molecule has 118 valence electrons. The third-order valence-corrected chi connectivity index (χ3v) is 4.98. The van der Waals surface area contributed by atoms with Gasteiger partial charge in [0.15, 0.2) is 17.7 Å². The van der Waals surface area contributed by atoms with Gasteiger partial charge in [-0.1, -0.05) is 12.2 Å². The van der Waals surface area contributed by atoms with Crippen molar-refractivity contribution in [3.63, 3.8) is 0 Å². The fourth-order valence-electron chi connectivity index (χ4n) is 3.92. The van der Waals surface area contributed by atoms with Crippen molar-refractivity contribution in [1.29, 1.82) is 0 Å². The zero-order valence-corrected chi connectivity index (χ0v) is 14.3. The molecule has 3 aliphatic rings. The highest BCUT2D eigenvalue weighted by molar-refractivity contribution is 5.83. The molecule has 22 heavy (non-hydrogen) atoms. The fraction of sp³-hybridized carbons (Fsp3) is 0.471. The SMILES string of the molecule is COc1ccc2c3c1O[C@H]1C[C@@H](O)C=C[C@@]31CC[N+](C)=C2.[Br-]. The number of halogens is 1. The van der Waals surface area contributed by atoms with Gasteiger partial charge in [0.25, 0.3) is 0 Å². The van der Waals surface area contributed by atoms with Gasteiger partial charge in [0, 0.05) is 24.0 Å². The lowest BCUT2D eigenvalue weighted by Gasteiger charge is -2.34. The molecule has 2 aliphatic heterocycles. The number of hydrogen-bond donors (Lipinski definition) is 1. The topological polar surface area (TPSA) is 41.7 Å². The number of hydrogen-bond acceptors (Lipinski definition) is 3. The first-order valence-electron chi connectivity index (χ1n) is 7.45. The summed E-state index contributed by atoms with van der Waals surface area (Å²) in [6.07, 6.45) is 7.45. The standard InChI is InChI=1S/C17H20NO3.BrH/c1-18-8-7-17-6-5-12(19)9-14(17)21-16-13(20-2)4-3-11(10-18)15(16)17;/h3-6,10,12,14,19H,7-9H2,1-2H3;1H/q+1;/p-1/t12-,14-,17-;/m0./s1. The Kier molecular flexibility index (Phi) is 3.81. The van der Waals surface area contributed by atoms with Crippen molar-refractivity contribution in [1.82, 2.24) is 0 Å². The summed E-state index contributed by atoms with van der Waals surface area (Å²) in [5.41, 5.74) is 2.27. The van der Waals surface area contributed by atoms with Gasteiger partial charge in [0.1, 0.15) is 19.7 Å². The Morgan fingerprint density at radius 1 is 1.41 bits per heavy atom. The molecular weight excluding hydrogens is 346 g/mol. The number of aliphatic hydroxyl groups is 1. The molecule has 0 bridgehead atoms. The first kappa shape index (κ1) is 15.6. The number of benzene rings is 1. The smallest absolute Gasteiger partial charge is 0.170 e. The maximum Gasteiger partial charge on any atom is 0.170 e. The lowest BCUT2D eigenvalue weighted by molar-refractivity contribution is -0.493. The molecule has 0 saturated carbocycles. The molecule has 5 heteroatoms. The van der Waals surface area contributed by atoms with E-state index in [0.717, 1.165) is 24.5 Å². The van der Waals surface area contributed by atoms with Crippen molar-refractivity contribution in [2.45, 2.75) is 30.5 Å². The van der Waals surface area contributed by atoms with E-state index in [9.17, 15) is 5.11 Å². The van der Waals surface area contributed by atoms with Crippen molar-refractivity contribution in [2.24, 2.45) is 0 Å². The molecule has 0 amide bonds. The summed E-state index contributed by atoms with van der Waals surface area (Å²) >= 11 is 0. The van der Waals surface area contributed by atoms with E-state index in [2.05, 4.69) is 30.0 Å². The van der Waals surface area contributed by atoms with Crippen LogP contribution >= 0.6 is 0 Å². The Morgan fingerprint density at radius 2 is 2.23 bits per heavy atom. The highest BCUT2D eigenvalue weighted by Crippen LogP contribution is 2.54. The van der Waals surface area contributed by atoms with Crippen LogP contribution in [0.5, 0.6) is 11.5 Å². The van der Waals surface area contributed by atoms with Crippen LogP contribution in [0.15, 0.2) is 24.3 Å². The van der Waals surface area contributed by atoms with E-state index in [1.54, 1.807) is 7.11 Å². The lowest BCUT2D eigenvalue weighted by Crippen LogP contribution is -3.00. The van der Waals surface area contributed by atoms with Crippen LogP contribution in [0.1, 0.15) is 24.0 Å². The minimum absolute atomic E-state index is 0. The lowest BCUT2D eigenvalue weighted by atomic mass is 9.69. The van der Waals surface area contributed by atoms with Crippen LogP contribution < -0.4 is 26.5 Å². The maximum atomic E-state index is 9.97. The third-order valence-electron chi connectivity index (χ3n) is 4.98. The van der Waals surface area contributed by atoms with Crippen LogP contribution in [0.3, 0.4) is 0 Å². The number of rotatable bonds is 1. The van der Waals surface area contributed by atoms with E-state index in [4.69, 9.17) is 9.47 Å². The molecule has 4 nitrogen and oxygen atoms in total. The van der Waals surface area contributed by atoms with Crippen LogP contribution in [0, 0.1) is 0 Å². The second-order valence-electron chi connectivity index (χ2n) is 6.23. The molecule has 1 aromatic carbocycles. The number of aliphatic hydroxyl groups excluding tert-OH is 1. The molecule has 0 saturated heterocycles. The van der Waals surface area contributed by atoms with Crippen molar-refractivity contribution >= 4 is 6.21 Å². The van der Waals surface area contributed by atoms with E-state index < -0.39 is 6.10 Å². The van der Waals surface area contributed by atoms with Gasteiger partial charge in [-0.05, 0) is 12.1 Å². The van der Waals surface area contributed by atoms with Crippen molar-refractivity contribution in [3.8, 4) is 11.5 Å². The van der Waals surface area contributed by atoms with Crippen LogP contribution in [0.2, 0.25) is 0 Å². The Bertz CT molecular complexity index is 670. The van der Waals surface area contributed by atoms with Gasteiger partial charge in [-0.25, -0.2) is 4.58 Å². The average molecular weight is 366 g/mol. The predicted octanol–water partition coefficient (Wildman–Crippen LogP) is -1.52. The molecule has 4 rings (SSSR count). The Balaban J connectivity index is 0.00000144. The van der Waals surface area contributed by atoms with Gasteiger partial charge in [-0.3, -0.25) is 0 Å². The molecule has 0 radical (unpaired) electrons. The third kappa shape index (κ3) is 2.02. The van der Waals surface area contributed by atoms with E-state index in [1.165, 1.54) is 11.1 Å². The maximum absolute atomic E-state index is 9.97. The molecule has 1 spiro atoms. The van der Waals surface area contributed by atoms with Gasteiger partial charge >= 0.3 is 0 Å². The van der Waals surface area contributed by atoms with Crippen LogP contribution in [0.4, 0.5) is 0 Å². The summed E-state index contributed by atoms with van der Waals surface area (Å²) in [6.45, 7) is 0.969. The first-order chi connectivity index (χ1) is 10.1. The second-order valence-corrected chi connectivity index (χ2v) is 6.23. The zero-order chi connectivity index (χ0) is 14.6. The molecule has 3 atom stereocenters. The molecule has 0 unspecified atom stereocenters. The summed E-state index contributed by atoms with van der Waals surface area (Å²) in [6, 6.07) is 4.07. The van der Waals surface area contributed by atoms with Crippen molar-refractivity contribution < 1.29 is 36.1 Å². The second kappa shape index (κ2) is 5.39. The molecule has 1 aliphatic carbocycles. The number of methoxy groups -OCH3 is 1. The quantitative estimate of drug-likeness (QED) is 0.485. The number of ether oxygens (including phenoxy) is 2. The normalized spacial score (nSPS) is 31.1. The molecular formula is C17H20BrNO3. The summed E-state index contributed by atoms with van der Waals surface area (Å²) in [5.74, 6) is 1.63. The van der Waals surface area contributed by atoms with Crippen molar-refractivity contribution in [2.75, 3.05) is 20.7 Å². The Hall–Kier alpha value is -1.33. The monoisotopic (exact) mass is 365 g/mol. The molecule has 0 aromatic heterocycles. The zero-order valence-electron chi connectivity index (χ0n) is 12.8. The average Bonchev–Trinajstić information content (AvgIpc) is 2.72. The van der Waals surface area contributed by atoms with E-state index >= 15 is 0 Å². The highest BCUT2D eigenvalue weighted by atomic mass is 79.9. The van der Waals surface area contributed by atoms with E-state index in [1.807, 2.05) is 12.1 Å². The predicted molar refractivity (Wildman–Crippen MR) is 79.7 cm³/mol. The van der Waals surface area contributed by atoms with Gasteiger partial charge in [-0.15, -0.1) is 0 Å². The largest absolute Gasteiger partial charge is 1.00 e. The summed E-state index contributed by atoms with van der Waals surface area (Å²) in [5, 5.41) is 9.97. The van der Waals surface area contributed by atoms with Crippen molar-refractivity contribution in [3.05, 3.63) is 35.4 Å². The van der Waals surface area contributed by atoms with Gasteiger partial charge in [0.05, 0.1) is 18.6 Å². The van der Waals surface area contributed by atoms with Gasteiger partial charge in [0.2, 0.25) is 0 Å². The molecule has 2 heterocycles. The summed E-state index contributed by atoms with van der Waals surface area (Å²) in [4.78, 5) is 0. The van der Waals surface area contributed by atoms with E-state index in [0.29, 0.717) is 6.42 Å². The van der Waals surface area contributed by atoms with Crippen LogP contribution in [0.25, 0.3) is 0 Å². The minimum atomic E-state index is -0.422. The van der Waals surface area contributed by atoms with Gasteiger partial charge in [-0.2, -0.15) is 0 Å². The highest BCUT2D eigenvalue weighted by Gasteiger charge is 2.53. The summed E-state index contributed by atoms with van der Waals surface area (Å²) < 4.78 is 13.9. The Morgan fingerprint density at radius 3 is 3.00 bits per heavy atom. The molecule has 1 N–H and O–H groups in total. The van der Waals surface area contributed by atoms with Crippen LogP contribution in [-0.4, -0.2) is 48.8 Å². The van der Waals surface area contributed by atoms with E-state index in [-0.39, 0.29) is 28.5 Å². The minimum Gasteiger partial charge on any atom is -1.00 e. The Labute approximate surface area is 140 Å². The number of nitrogens with zero attached hydrogens (tertiary/aromatic N) is 1.